The van der Waals surface area contributed by atoms with Crippen LogP contribution in [0.25, 0.3) is 0 Å². The van der Waals surface area contributed by atoms with Crippen LogP contribution >= 0.6 is 11.6 Å². The Bertz CT molecular complexity index is 876. The minimum absolute atomic E-state index is 0.0955. The van der Waals surface area contributed by atoms with Crippen LogP contribution in [0, 0.1) is 18.3 Å². The Labute approximate surface area is 176 Å². The van der Waals surface area contributed by atoms with E-state index in [9.17, 15) is 14.7 Å². The molecule has 6 heteroatoms. The highest BCUT2D eigenvalue weighted by Gasteiger charge is 2.47. The quantitative estimate of drug-likeness (QED) is 0.659. The molecule has 0 bridgehead atoms. The van der Waals surface area contributed by atoms with E-state index in [1.165, 1.54) is 0 Å². The van der Waals surface area contributed by atoms with Gasteiger partial charge in [0.05, 0.1) is 6.42 Å². The van der Waals surface area contributed by atoms with E-state index in [2.05, 4.69) is 5.32 Å². The van der Waals surface area contributed by atoms with Crippen LogP contribution in [0.1, 0.15) is 37.3 Å². The molecule has 1 saturated carbocycles. The van der Waals surface area contributed by atoms with Crippen LogP contribution in [0.15, 0.2) is 42.5 Å². The van der Waals surface area contributed by atoms with E-state index < -0.39 is 11.4 Å². The van der Waals surface area contributed by atoms with Gasteiger partial charge in [-0.25, -0.2) is 0 Å². The molecule has 1 fully saturated rings. The fraction of sp³-hybridized carbons (Fsp3) is 0.391. The molecule has 5 nitrogen and oxygen atoms in total. The highest BCUT2D eigenvalue weighted by atomic mass is 35.5. The lowest BCUT2D eigenvalue weighted by Gasteiger charge is -2.28. The van der Waals surface area contributed by atoms with E-state index in [0.717, 1.165) is 24.0 Å². The van der Waals surface area contributed by atoms with Gasteiger partial charge in [-0.15, -0.1) is 0 Å². The van der Waals surface area contributed by atoms with Gasteiger partial charge in [-0.05, 0) is 67.1 Å². The smallest absolute Gasteiger partial charge is 0.313 e. The van der Waals surface area contributed by atoms with E-state index in [1.54, 1.807) is 18.2 Å². The normalized spacial score (nSPS) is 21.0. The Morgan fingerprint density at radius 2 is 1.97 bits per heavy atom. The monoisotopic (exact) mass is 415 g/mol. The maximum absolute atomic E-state index is 12.3. The summed E-state index contributed by atoms with van der Waals surface area (Å²) in [6, 6.07) is 12.6. The number of halogens is 1. The van der Waals surface area contributed by atoms with Gasteiger partial charge in [-0.1, -0.05) is 37.1 Å². The number of carboxylic acids is 1. The number of aryl methyl sites for hydroxylation is 1. The van der Waals surface area contributed by atoms with Crippen molar-refractivity contribution in [2.24, 2.45) is 11.3 Å². The van der Waals surface area contributed by atoms with Gasteiger partial charge in [-0.2, -0.15) is 0 Å². The summed E-state index contributed by atoms with van der Waals surface area (Å²) in [5, 5.41) is 13.1. The number of carbonyl (C=O) groups is 2. The van der Waals surface area contributed by atoms with Crippen LogP contribution in [0.4, 0.5) is 5.69 Å². The maximum Gasteiger partial charge on any atom is 0.313 e. The molecule has 2 atom stereocenters. The van der Waals surface area contributed by atoms with Crippen LogP contribution in [0.5, 0.6) is 5.75 Å². The molecule has 2 aromatic rings. The fourth-order valence-corrected chi connectivity index (χ4v) is 4.24. The first-order valence-electron chi connectivity index (χ1n) is 9.81. The summed E-state index contributed by atoms with van der Waals surface area (Å²) in [4.78, 5) is 24.1. The molecule has 2 aromatic carbocycles. The Morgan fingerprint density at radius 1 is 1.24 bits per heavy atom. The third-order valence-electron chi connectivity index (χ3n) is 5.74. The number of hydrogen-bond acceptors (Lipinski definition) is 3. The summed E-state index contributed by atoms with van der Waals surface area (Å²) >= 11 is 6.02. The zero-order valence-corrected chi connectivity index (χ0v) is 17.5. The molecule has 0 aromatic heterocycles. The van der Waals surface area contributed by atoms with Crippen molar-refractivity contribution in [2.45, 2.75) is 39.5 Å². The molecule has 0 radical (unpaired) electrons. The Hall–Kier alpha value is -2.53. The molecule has 1 aliphatic rings. The predicted octanol–water partition coefficient (Wildman–Crippen LogP) is 5.10. The molecule has 29 heavy (non-hydrogen) atoms. The first-order valence-corrected chi connectivity index (χ1v) is 10.2. The highest BCUT2D eigenvalue weighted by molar-refractivity contribution is 6.31. The van der Waals surface area contributed by atoms with Gasteiger partial charge >= 0.3 is 5.97 Å². The first kappa shape index (κ1) is 21.2. The van der Waals surface area contributed by atoms with Crippen LogP contribution < -0.4 is 10.1 Å². The third-order valence-corrected chi connectivity index (χ3v) is 5.96. The average Bonchev–Trinajstić information content (AvgIpc) is 3.02. The lowest BCUT2D eigenvalue weighted by atomic mass is 9.79. The minimum Gasteiger partial charge on any atom is -0.492 e. The van der Waals surface area contributed by atoms with Gasteiger partial charge in [0.25, 0.3) is 0 Å². The van der Waals surface area contributed by atoms with Crippen molar-refractivity contribution in [3.8, 4) is 5.75 Å². The molecule has 0 aliphatic heterocycles. The maximum atomic E-state index is 12.3. The molecular formula is C23H26ClNO4. The molecule has 3 rings (SSSR count). The molecule has 0 heterocycles. The van der Waals surface area contributed by atoms with Gasteiger partial charge in [0, 0.05) is 10.7 Å². The number of carbonyl (C=O) groups excluding carboxylic acids is 1. The molecular weight excluding hydrogens is 390 g/mol. The summed E-state index contributed by atoms with van der Waals surface area (Å²) in [6.45, 7) is 4.06. The number of anilines is 1. The zero-order chi connectivity index (χ0) is 21.0. The van der Waals surface area contributed by atoms with Crippen molar-refractivity contribution in [2.75, 3.05) is 11.9 Å². The van der Waals surface area contributed by atoms with Crippen molar-refractivity contribution < 1.29 is 19.4 Å². The molecule has 0 spiro atoms. The number of rotatable bonds is 7. The van der Waals surface area contributed by atoms with Crippen molar-refractivity contribution in [3.05, 3.63) is 58.6 Å². The molecule has 1 aliphatic carbocycles. The van der Waals surface area contributed by atoms with Gasteiger partial charge in [-0.3, -0.25) is 9.59 Å². The highest BCUT2D eigenvalue weighted by Crippen LogP contribution is 2.43. The van der Waals surface area contributed by atoms with E-state index >= 15 is 0 Å². The van der Waals surface area contributed by atoms with Crippen molar-refractivity contribution in [1.82, 2.24) is 0 Å². The molecule has 0 saturated heterocycles. The second kappa shape index (κ2) is 8.87. The lowest BCUT2D eigenvalue weighted by molar-refractivity contribution is -0.153. The standard InChI is InChI=1S/C23H26ClNO4/c1-15-10-18(24)13-19(11-15)25-21(26)12-17-5-7-20(8-6-17)29-14-23(22(27)28)9-3-4-16(23)2/h5-8,10-11,13,16H,3-4,9,12,14H2,1-2H3,(H,25,26)(H,27,28). The number of hydrogen-bond donors (Lipinski definition) is 2. The average molecular weight is 416 g/mol. The number of benzene rings is 2. The van der Waals surface area contributed by atoms with E-state index in [4.69, 9.17) is 16.3 Å². The molecule has 2 unspecified atom stereocenters. The van der Waals surface area contributed by atoms with Crippen molar-refractivity contribution >= 4 is 29.2 Å². The Morgan fingerprint density at radius 3 is 2.55 bits per heavy atom. The van der Waals surface area contributed by atoms with Crippen molar-refractivity contribution in [3.63, 3.8) is 0 Å². The third kappa shape index (κ3) is 5.10. The summed E-state index contributed by atoms with van der Waals surface area (Å²) in [5.41, 5.74) is 1.68. The number of amides is 1. The van der Waals surface area contributed by atoms with Gasteiger partial charge in [0.2, 0.25) is 5.91 Å². The van der Waals surface area contributed by atoms with E-state index in [-0.39, 0.29) is 24.9 Å². The predicted molar refractivity (Wildman–Crippen MR) is 114 cm³/mol. The fourth-order valence-electron chi connectivity index (χ4n) is 3.95. The minimum atomic E-state index is -0.812. The molecule has 1 amide bonds. The van der Waals surface area contributed by atoms with Crippen LogP contribution in [-0.2, 0) is 16.0 Å². The number of carboxylic acid groups (broad SMARTS) is 1. The summed E-state index contributed by atoms with van der Waals surface area (Å²) < 4.78 is 5.81. The van der Waals surface area contributed by atoms with E-state index in [0.29, 0.717) is 22.9 Å². The van der Waals surface area contributed by atoms with E-state index in [1.807, 2.05) is 38.1 Å². The summed E-state index contributed by atoms with van der Waals surface area (Å²) in [6.07, 6.45) is 2.69. The van der Waals surface area contributed by atoms with Crippen LogP contribution in [0.3, 0.4) is 0 Å². The topological polar surface area (TPSA) is 75.6 Å². The van der Waals surface area contributed by atoms with Gasteiger partial charge in [0.15, 0.2) is 0 Å². The first-order chi connectivity index (χ1) is 13.8. The zero-order valence-electron chi connectivity index (χ0n) is 16.7. The van der Waals surface area contributed by atoms with Crippen LogP contribution in [-0.4, -0.2) is 23.6 Å². The van der Waals surface area contributed by atoms with Gasteiger partial charge in [0.1, 0.15) is 17.8 Å². The number of aliphatic carboxylic acids is 1. The summed E-state index contributed by atoms with van der Waals surface area (Å²) in [7, 11) is 0. The second-order valence-electron chi connectivity index (χ2n) is 7.93. The number of ether oxygens (including phenoxy) is 1. The summed E-state index contributed by atoms with van der Waals surface area (Å²) in [5.74, 6) is -0.213. The van der Waals surface area contributed by atoms with Crippen molar-refractivity contribution in [1.29, 1.82) is 0 Å². The number of nitrogens with one attached hydrogen (secondary N) is 1. The Balaban J connectivity index is 1.57. The molecule has 154 valence electrons. The molecule has 2 N–H and O–H groups in total. The SMILES string of the molecule is Cc1cc(Cl)cc(NC(=O)Cc2ccc(OCC3(C(=O)O)CCCC3C)cc2)c1. The largest absolute Gasteiger partial charge is 0.492 e. The van der Waals surface area contributed by atoms with Crippen LogP contribution in [0.2, 0.25) is 5.02 Å². The lowest BCUT2D eigenvalue weighted by Crippen LogP contribution is -2.39. The van der Waals surface area contributed by atoms with Gasteiger partial charge < -0.3 is 15.2 Å². The Kier molecular flexibility index (Phi) is 6.48. The second-order valence-corrected chi connectivity index (χ2v) is 8.37.